The second kappa shape index (κ2) is 8.80. The summed E-state index contributed by atoms with van der Waals surface area (Å²) in [4.78, 5) is 29.2. The van der Waals surface area contributed by atoms with Gasteiger partial charge in [0.25, 0.3) is 0 Å². The monoisotopic (exact) mass is 365 g/mol. The van der Waals surface area contributed by atoms with Gasteiger partial charge in [0.05, 0.1) is 12.2 Å². The van der Waals surface area contributed by atoms with Crippen LogP contribution in [0.2, 0.25) is 0 Å². The Morgan fingerprint density at radius 1 is 1.00 bits per heavy atom. The molecule has 27 heavy (non-hydrogen) atoms. The van der Waals surface area contributed by atoms with Crippen LogP contribution in [0.3, 0.4) is 0 Å². The maximum atomic E-state index is 12.6. The zero-order chi connectivity index (χ0) is 19.2. The molecule has 1 aromatic heterocycles. The third kappa shape index (κ3) is 5.16. The van der Waals surface area contributed by atoms with Crippen molar-refractivity contribution in [3.05, 3.63) is 59.4 Å². The Hall–Kier alpha value is -2.69. The Morgan fingerprint density at radius 3 is 2.33 bits per heavy atom. The van der Waals surface area contributed by atoms with Crippen molar-refractivity contribution in [2.75, 3.05) is 5.32 Å². The molecule has 3 rings (SSSR count). The minimum absolute atomic E-state index is 0.0149. The lowest BCUT2D eigenvalue weighted by molar-refractivity contribution is -0.128. The fourth-order valence-electron chi connectivity index (χ4n) is 3.63. The van der Waals surface area contributed by atoms with Crippen molar-refractivity contribution in [2.45, 2.75) is 46.1 Å². The molecular weight excluding hydrogens is 338 g/mol. The predicted octanol–water partition coefficient (Wildman–Crippen LogP) is 3.76. The number of anilines is 1. The molecule has 1 aliphatic rings. The van der Waals surface area contributed by atoms with Gasteiger partial charge >= 0.3 is 0 Å². The number of hydrogen-bond acceptors (Lipinski definition) is 3. The van der Waals surface area contributed by atoms with Crippen LogP contribution >= 0.6 is 0 Å². The van der Waals surface area contributed by atoms with Gasteiger partial charge in [0.2, 0.25) is 11.8 Å². The van der Waals surface area contributed by atoms with Crippen LogP contribution in [0.4, 0.5) is 5.69 Å². The summed E-state index contributed by atoms with van der Waals surface area (Å²) in [7, 11) is 0. The van der Waals surface area contributed by atoms with Crippen LogP contribution in [0.1, 0.15) is 42.5 Å². The molecule has 1 fully saturated rings. The highest BCUT2D eigenvalue weighted by Crippen LogP contribution is 2.30. The van der Waals surface area contributed by atoms with Gasteiger partial charge in [-0.05, 0) is 63.3 Å². The van der Waals surface area contributed by atoms with Crippen molar-refractivity contribution in [3.8, 4) is 0 Å². The van der Waals surface area contributed by atoms with Crippen molar-refractivity contribution >= 4 is 17.5 Å². The summed E-state index contributed by atoms with van der Waals surface area (Å²) < 4.78 is 0. The summed E-state index contributed by atoms with van der Waals surface area (Å²) in [6.45, 7) is 4.50. The predicted molar refractivity (Wildman–Crippen MR) is 106 cm³/mol. The summed E-state index contributed by atoms with van der Waals surface area (Å²) in [6.07, 6.45) is 4.72. The van der Waals surface area contributed by atoms with Gasteiger partial charge in [-0.1, -0.05) is 23.8 Å². The molecule has 1 aliphatic carbocycles. The van der Waals surface area contributed by atoms with E-state index in [0.29, 0.717) is 6.54 Å². The van der Waals surface area contributed by atoms with E-state index in [1.54, 1.807) is 6.20 Å². The summed E-state index contributed by atoms with van der Waals surface area (Å²) >= 11 is 0. The molecule has 1 heterocycles. The number of aryl methyl sites for hydroxylation is 2. The number of carbonyl (C=O) groups excluding carboxylic acids is 2. The standard InChI is InChI=1S/C22H27N3O2/c1-15-6-11-20(16(2)13-15)25-22(27)18-9-7-17(8-10-18)21(26)24-14-19-5-3-4-12-23-19/h3-6,11-13,17-18H,7-10,14H2,1-2H3,(H,24,26)(H,25,27). The van der Waals surface area contributed by atoms with E-state index in [0.717, 1.165) is 42.6 Å². The van der Waals surface area contributed by atoms with E-state index in [2.05, 4.69) is 21.7 Å². The number of aromatic nitrogens is 1. The van der Waals surface area contributed by atoms with Crippen molar-refractivity contribution in [1.29, 1.82) is 0 Å². The molecule has 0 spiro atoms. The molecule has 0 bridgehead atoms. The van der Waals surface area contributed by atoms with Gasteiger partial charge in [-0.3, -0.25) is 14.6 Å². The van der Waals surface area contributed by atoms with Crippen LogP contribution in [-0.4, -0.2) is 16.8 Å². The number of hydrogen-bond donors (Lipinski definition) is 2. The molecule has 5 nitrogen and oxygen atoms in total. The van der Waals surface area contributed by atoms with E-state index in [1.165, 1.54) is 5.56 Å². The largest absolute Gasteiger partial charge is 0.350 e. The molecule has 142 valence electrons. The Morgan fingerprint density at radius 2 is 1.70 bits per heavy atom. The fraction of sp³-hybridized carbons (Fsp3) is 0.409. The molecule has 2 amide bonds. The molecule has 1 saturated carbocycles. The summed E-state index contributed by atoms with van der Waals surface area (Å²) in [5.41, 5.74) is 3.99. The number of carbonyl (C=O) groups is 2. The van der Waals surface area contributed by atoms with Crippen LogP contribution in [0.15, 0.2) is 42.6 Å². The highest BCUT2D eigenvalue weighted by molar-refractivity contribution is 5.93. The molecular formula is C22H27N3O2. The Balaban J connectivity index is 1.46. The van der Waals surface area contributed by atoms with E-state index in [1.807, 2.05) is 44.2 Å². The van der Waals surface area contributed by atoms with E-state index in [9.17, 15) is 9.59 Å². The molecule has 0 radical (unpaired) electrons. The van der Waals surface area contributed by atoms with Crippen LogP contribution in [-0.2, 0) is 16.1 Å². The van der Waals surface area contributed by atoms with Gasteiger partial charge in [0.1, 0.15) is 0 Å². The first-order chi connectivity index (χ1) is 13.0. The molecule has 2 N–H and O–H groups in total. The van der Waals surface area contributed by atoms with Gasteiger partial charge in [-0.15, -0.1) is 0 Å². The van der Waals surface area contributed by atoms with Gasteiger partial charge in [0.15, 0.2) is 0 Å². The number of amides is 2. The summed E-state index contributed by atoms with van der Waals surface area (Å²) in [6, 6.07) is 11.7. The molecule has 0 aliphatic heterocycles. The van der Waals surface area contributed by atoms with Crippen LogP contribution in [0.5, 0.6) is 0 Å². The highest BCUT2D eigenvalue weighted by Gasteiger charge is 2.30. The zero-order valence-corrected chi connectivity index (χ0v) is 16.0. The van der Waals surface area contributed by atoms with Crippen LogP contribution in [0.25, 0.3) is 0 Å². The van der Waals surface area contributed by atoms with Crippen molar-refractivity contribution in [2.24, 2.45) is 11.8 Å². The zero-order valence-electron chi connectivity index (χ0n) is 16.0. The third-order valence-corrected chi connectivity index (χ3v) is 5.28. The Kier molecular flexibility index (Phi) is 6.22. The van der Waals surface area contributed by atoms with E-state index < -0.39 is 0 Å². The molecule has 0 saturated heterocycles. The molecule has 5 heteroatoms. The maximum Gasteiger partial charge on any atom is 0.227 e. The first-order valence-electron chi connectivity index (χ1n) is 9.58. The average molecular weight is 365 g/mol. The van der Waals surface area contributed by atoms with Gasteiger partial charge < -0.3 is 10.6 Å². The second-order valence-electron chi connectivity index (χ2n) is 7.40. The lowest BCUT2D eigenvalue weighted by atomic mass is 9.81. The quantitative estimate of drug-likeness (QED) is 0.847. The SMILES string of the molecule is Cc1ccc(NC(=O)C2CCC(C(=O)NCc3ccccn3)CC2)c(C)c1. The van der Waals surface area contributed by atoms with E-state index in [4.69, 9.17) is 0 Å². The second-order valence-corrected chi connectivity index (χ2v) is 7.40. The minimum atomic E-state index is -0.0226. The van der Waals surface area contributed by atoms with E-state index >= 15 is 0 Å². The summed E-state index contributed by atoms with van der Waals surface area (Å²) in [5.74, 6) is 0.0904. The average Bonchev–Trinajstić information content (AvgIpc) is 2.69. The third-order valence-electron chi connectivity index (χ3n) is 5.28. The molecule has 0 atom stereocenters. The van der Waals surface area contributed by atoms with Crippen molar-refractivity contribution in [1.82, 2.24) is 10.3 Å². The minimum Gasteiger partial charge on any atom is -0.350 e. The maximum absolute atomic E-state index is 12.6. The Bertz CT molecular complexity index is 796. The number of nitrogens with one attached hydrogen (secondary N) is 2. The van der Waals surface area contributed by atoms with Gasteiger partial charge in [-0.25, -0.2) is 0 Å². The Labute approximate surface area is 160 Å². The first kappa shape index (κ1) is 19.1. The number of nitrogens with zero attached hydrogens (tertiary/aromatic N) is 1. The first-order valence-corrected chi connectivity index (χ1v) is 9.58. The molecule has 1 aromatic carbocycles. The highest BCUT2D eigenvalue weighted by atomic mass is 16.2. The van der Waals surface area contributed by atoms with Crippen LogP contribution in [0, 0.1) is 25.7 Å². The topological polar surface area (TPSA) is 71.1 Å². The molecule has 0 unspecified atom stereocenters. The number of pyridine rings is 1. The lowest BCUT2D eigenvalue weighted by Crippen LogP contribution is -2.35. The van der Waals surface area contributed by atoms with Gasteiger partial charge in [0, 0.05) is 23.7 Å². The van der Waals surface area contributed by atoms with Crippen LogP contribution < -0.4 is 10.6 Å². The van der Waals surface area contributed by atoms with Gasteiger partial charge in [-0.2, -0.15) is 0 Å². The lowest BCUT2D eigenvalue weighted by Gasteiger charge is -2.27. The van der Waals surface area contributed by atoms with E-state index in [-0.39, 0.29) is 23.7 Å². The van der Waals surface area contributed by atoms with Crippen molar-refractivity contribution < 1.29 is 9.59 Å². The fourth-order valence-corrected chi connectivity index (χ4v) is 3.63. The summed E-state index contributed by atoms with van der Waals surface area (Å²) in [5, 5.41) is 6.01. The number of benzene rings is 1. The van der Waals surface area contributed by atoms with Crippen molar-refractivity contribution in [3.63, 3.8) is 0 Å². The number of rotatable bonds is 5. The normalized spacial score (nSPS) is 19.3. The molecule has 2 aromatic rings. The smallest absolute Gasteiger partial charge is 0.227 e.